The van der Waals surface area contributed by atoms with Crippen LogP contribution < -0.4 is 15.4 Å². The molecule has 2 saturated heterocycles. The Morgan fingerprint density at radius 2 is 2.14 bits per heavy atom. The number of para-hydroxylation sites is 1. The molecule has 0 saturated carbocycles. The summed E-state index contributed by atoms with van der Waals surface area (Å²) >= 11 is 0. The largest absolute Gasteiger partial charge is 0.489 e. The monoisotopic (exact) mass is 386 g/mol. The molecule has 0 amide bonds. The average Bonchev–Trinajstić information content (AvgIpc) is 3.24. The lowest BCUT2D eigenvalue weighted by molar-refractivity contribution is 0.150. The highest BCUT2D eigenvalue weighted by atomic mass is 16.5. The van der Waals surface area contributed by atoms with Gasteiger partial charge in [0.05, 0.1) is 6.61 Å². The summed E-state index contributed by atoms with van der Waals surface area (Å²) in [6, 6.07) is 8.54. The van der Waals surface area contributed by atoms with Gasteiger partial charge in [-0.1, -0.05) is 30.9 Å². The van der Waals surface area contributed by atoms with Crippen LogP contribution in [0.15, 0.2) is 41.9 Å². The van der Waals surface area contributed by atoms with E-state index in [2.05, 4.69) is 33.2 Å². The fourth-order valence-electron chi connectivity index (χ4n) is 3.86. The topological polar surface area (TPSA) is 58.1 Å². The van der Waals surface area contributed by atoms with Crippen molar-refractivity contribution < 1.29 is 9.47 Å². The number of hydrogen-bond acceptors (Lipinski definition) is 4. The molecular formula is C22H34N4O2. The van der Waals surface area contributed by atoms with Gasteiger partial charge in [0.2, 0.25) is 0 Å². The average molecular weight is 387 g/mol. The van der Waals surface area contributed by atoms with E-state index in [-0.39, 0.29) is 0 Å². The van der Waals surface area contributed by atoms with Crippen molar-refractivity contribution in [2.75, 3.05) is 46.5 Å². The number of likely N-dealkylation sites (tertiary alicyclic amines) is 1. The molecule has 2 heterocycles. The first-order valence-corrected chi connectivity index (χ1v) is 10.4. The third-order valence-corrected chi connectivity index (χ3v) is 5.47. The highest BCUT2D eigenvalue weighted by Crippen LogP contribution is 2.19. The van der Waals surface area contributed by atoms with Crippen molar-refractivity contribution in [2.24, 2.45) is 10.9 Å². The summed E-state index contributed by atoms with van der Waals surface area (Å²) in [5.74, 6) is 2.46. The standard InChI is InChI=1S/C22H34N4O2/c1-3-13-28-21-7-5-4-6-19(21)15-24-22(23-2)25-20-8-11-26(12-9-20)16-18-10-14-27-17-18/h3-7,18,20H,1,8-17H2,2H3,(H2,23,24,25). The summed E-state index contributed by atoms with van der Waals surface area (Å²) in [5.41, 5.74) is 1.11. The van der Waals surface area contributed by atoms with Gasteiger partial charge in [0.25, 0.3) is 0 Å². The van der Waals surface area contributed by atoms with Gasteiger partial charge in [-0.05, 0) is 31.2 Å². The zero-order valence-corrected chi connectivity index (χ0v) is 17.0. The fraction of sp³-hybridized carbons (Fsp3) is 0.591. The van der Waals surface area contributed by atoms with Crippen molar-refractivity contribution in [3.63, 3.8) is 0 Å². The molecule has 2 aliphatic rings. The number of hydrogen-bond donors (Lipinski definition) is 2. The zero-order valence-electron chi connectivity index (χ0n) is 17.0. The van der Waals surface area contributed by atoms with E-state index in [1.165, 1.54) is 13.0 Å². The summed E-state index contributed by atoms with van der Waals surface area (Å²) in [6.45, 7) is 10.2. The van der Waals surface area contributed by atoms with E-state index in [9.17, 15) is 0 Å². The third kappa shape index (κ3) is 6.24. The van der Waals surface area contributed by atoms with Crippen LogP contribution in [0.1, 0.15) is 24.8 Å². The molecule has 0 bridgehead atoms. The zero-order chi connectivity index (χ0) is 19.6. The SMILES string of the molecule is C=CCOc1ccccc1CNC(=NC)NC1CCN(CC2CCOC2)CC1. The highest BCUT2D eigenvalue weighted by molar-refractivity contribution is 5.80. The van der Waals surface area contributed by atoms with E-state index >= 15 is 0 Å². The van der Waals surface area contributed by atoms with Crippen LogP contribution in [0.5, 0.6) is 5.75 Å². The summed E-state index contributed by atoms with van der Waals surface area (Å²) < 4.78 is 11.2. The quantitative estimate of drug-likeness (QED) is 0.408. The van der Waals surface area contributed by atoms with Gasteiger partial charge in [-0.15, -0.1) is 0 Å². The first-order chi connectivity index (χ1) is 13.8. The van der Waals surface area contributed by atoms with Crippen molar-refractivity contribution in [3.05, 3.63) is 42.5 Å². The van der Waals surface area contributed by atoms with E-state index in [4.69, 9.17) is 9.47 Å². The maximum Gasteiger partial charge on any atom is 0.191 e. The fourth-order valence-corrected chi connectivity index (χ4v) is 3.86. The van der Waals surface area contributed by atoms with Gasteiger partial charge in [-0.25, -0.2) is 0 Å². The molecule has 1 aromatic rings. The third-order valence-electron chi connectivity index (χ3n) is 5.47. The van der Waals surface area contributed by atoms with Crippen molar-refractivity contribution in [2.45, 2.75) is 31.8 Å². The second-order valence-corrected chi connectivity index (χ2v) is 7.58. The lowest BCUT2D eigenvalue weighted by Crippen LogP contribution is -2.49. The van der Waals surface area contributed by atoms with E-state index in [1.54, 1.807) is 6.08 Å². The maximum atomic E-state index is 5.74. The van der Waals surface area contributed by atoms with Crippen LogP contribution in [0, 0.1) is 5.92 Å². The van der Waals surface area contributed by atoms with Gasteiger partial charge in [0, 0.05) is 51.4 Å². The van der Waals surface area contributed by atoms with E-state index in [1.807, 2.05) is 25.2 Å². The molecule has 0 aromatic heterocycles. The van der Waals surface area contributed by atoms with Gasteiger partial charge in [0.1, 0.15) is 12.4 Å². The summed E-state index contributed by atoms with van der Waals surface area (Å²) in [6.07, 6.45) is 5.27. The molecule has 1 unspecified atom stereocenters. The summed E-state index contributed by atoms with van der Waals surface area (Å²) in [7, 11) is 1.82. The molecule has 2 fully saturated rings. The van der Waals surface area contributed by atoms with E-state index in [0.29, 0.717) is 19.2 Å². The molecule has 0 aliphatic carbocycles. The molecule has 3 rings (SSSR count). The van der Waals surface area contributed by atoms with Gasteiger partial charge >= 0.3 is 0 Å². The summed E-state index contributed by atoms with van der Waals surface area (Å²) in [4.78, 5) is 6.98. The van der Waals surface area contributed by atoms with Crippen LogP contribution >= 0.6 is 0 Å². The van der Waals surface area contributed by atoms with Crippen molar-refractivity contribution >= 4 is 5.96 Å². The Hall–Kier alpha value is -2.05. The maximum absolute atomic E-state index is 5.74. The molecule has 0 spiro atoms. The molecule has 1 atom stereocenters. The number of piperidine rings is 1. The predicted octanol–water partition coefficient (Wildman–Crippen LogP) is 2.42. The number of nitrogens with one attached hydrogen (secondary N) is 2. The number of aliphatic imine (C=N–C) groups is 1. The Kier molecular flexibility index (Phi) is 8.18. The van der Waals surface area contributed by atoms with Gasteiger partial charge in [-0.3, -0.25) is 4.99 Å². The van der Waals surface area contributed by atoms with Crippen LogP contribution in [0.3, 0.4) is 0 Å². The van der Waals surface area contributed by atoms with Crippen molar-refractivity contribution in [1.29, 1.82) is 0 Å². The molecular weight excluding hydrogens is 352 g/mol. The minimum absolute atomic E-state index is 0.467. The highest BCUT2D eigenvalue weighted by Gasteiger charge is 2.24. The number of ether oxygens (including phenoxy) is 2. The molecule has 2 aliphatic heterocycles. The second kappa shape index (κ2) is 11.1. The van der Waals surface area contributed by atoms with Crippen LogP contribution in [-0.2, 0) is 11.3 Å². The number of nitrogens with zero attached hydrogens (tertiary/aromatic N) is 2. The molecule has 0 radical (unpaired) electrons. The van der Waals surface area contributed by atoms with Gasteiger partial charge in [-0.2, -0.15) is 0 Å². The molecule has 2 N–H and O–H groups in total. The number of benzene rings is 1. The number of guanidine groups is 1. The Balaban J connectivity index is 1.42. The van der Waals surface area contributed by atoms with E-state index < -0.39 is 0 Å². The first-order valence-electron chi connectivity index (χ1n) is 10.4. The first kappa shape index (κ1) is 20.7. The van der Waals surface area contributed by atoms with Crippen molar-refractivity contribution in [3.8, 4) is 5.75 Å². The van der Waals surface area contributed by atoms with Crippen LogP contribution in [0.25, 0.3) is 0 Å². The predicted molar refractivity (Wildman–Crippen MR) is 114 cm³/mol. The smallest absolute Gasteiger partial charge is 0.191 e. The Labute approximate surface area is 169 Å². The molecule has 28 heavy (non-hydrogen) atoms. The van der Waals surface area contributed by atoms with Gasteiger partial charge in [0.15, 0.2) is 5.96 Å². The second-order valence-electron chi connectivity index (χ2n) is 7.58. The Morgan fingerprint density at radius 1 is 1.32 bits per heavy atom. The Morgan fingerprint density at radius 3 is 2.86 bits per heavy atom. The lowest BCUT2D eigenvalue weighted by Gasteiger charge is -2.34. The minimum Gasteiger partial charge on any atom is -0.489 e. The normalized spacial score (nSPS) is 21.5. The summed E-state index contributed by atoms with van der Waals surface area (Å²) in [5, 5.41) is 7.01. The lowest BCUT2D eigenvalue weighted by atomic mass is 10.0. The van der Waals surface area contributed by atoms with Gasteiger partial charge < -0.3 is 25.0 Å². The minimum atomic E-state index is 0.467. The van der Waals surface area contributed by atoms with Crippen molar-refractivity contribution in [1.82, 2.24) is 15.5 Å². The van der Waals surface area contributed by atoms with Crippen LogP contribution in [0.2, 0.25) is 0 Å². The Bertz CT molecular complexity index is 635. The van der Waals surface area contributed by atoms with Crippen LogP contribution in [-0.4, -0.2) is 63.4 Å². The molecule has 6 heteroatoms. The van der Waals surface area contributed by atoms with Crippen LogP contribution in [0.4, 0.5) is 0 Å². The molecule has 6 nitrogen and oxygen atoms in total. The van der Waals surface area contributed by atoms with E-state index in [0.717, 1.165) is 62.3 Å². The molecule has 1 aromatic carbocycles. The molecule has 154 valence electrons. The number of rotatable bonds is 8.